The molecule has 11 heteroatoms. The normalized spacial score (nSPS) is 16.8. The van der Waals surface area contributed by atoms with Gasteiger partial charge in [0, 0.05) is 25.1 Å². The van der Waals surface area contributed by atoms with E-state index in [0.717, 1.165) is 47.5 Å². The van der Waals surface area contributed by atoms with Crippen molar-refractivity contribution in [1.29, 1.82) is 0 Å². The number of ether oxygens (including phenoxy) is 2. The molecule has 1 aliphatic rings. The lowest BCUT2D eigenvalue weighted by Crippen LogP contribution is -2.40. The summed E-state index contributed by atoms with van der Waals surface area (Å²) in [5, 5.41) is 11.9. The van der Waals surface area contributed by atoms with Gasteiger partial charge in [-0.15, -0.1) is 0 Å². The third-order valence-electron chi connectivity index (χ3n) is 11.1. The first-order valence-electron chi connectivity index (χ1n) is 21.3. The summed E-state index contributed by atoms with van der Waals surface area (Å²) >= 11 is 0. The molecule has 1 fully saturated rings. The van der Waals surface area contributed by atoms with Gasteiger partial charge in [-0.25, -0.2) is 22.0 Å². The number of hydrogen-bond donors (Lipinski definition) is 2. The number of rotatable bonds is 23. The zero-order chi connectivity index (χ0) is 42.1. The maximum Gasteiger partial charge on any atom is 0.257 e. The molecule has 0 aliphatic carbocycles. The van der Waals surface area contributed by atoms with Crippen LogP contribution < -0.4 is 5.32 Å². The predicted octanol–water partition coefficient (Wildman–Crippen LogP) is 12.0. The van der Waals surface area contributed by atoms with Crippen molar-refractivity contribution in [3.8, 4) is 11.1 Å². The van der Waals surface area contributed by atoms with Crippen LogP contribution in [-0.2, 0) is 22.6 Å². The number of amides is 1. The second-order valence-electron chi connectivity index (χ2n) is 15.6. The topological polar surface area (TPSA) is 71.0 Å². The highest BCUT2D eigenvalue weighted by Gasteiger charge is 2.33. The Labute approximate surface area is 346 Å². The quantitative estimate of drug-likeness (QED) is 0.0337. The number of benzene rings is 4. The molecular weight excluding hydrogens is 764 g/mol. The fourth-order valence-corrected chi connectivity index (χ4v) is 7.62. The molecule has 0 radical (unpaired) electrons. The Morgan fingerprint density at radius 1 is 0.661 bits per heavy atom. The van der Waals surface area contributed by atoms with E-state index < -0.39 is 46.8 Å². The van der Waals surface area contributed by atoms with Crippen LogP contribution in [0.3, 0.4) is 0 Å². The molecule has 59 heavy (non-hydrogen) atoms. The van der Waals surface area contributed by atoms with Gasteiger partial charge in [0.05, 0.1) is 18.8 Å². The largest absolute Gasteiger partial charge is 0.392 e. The highest BCUT2D eigenvalue weighted by molar-refractivity contribution is 5.94. The molecule has 4 aromatic carbocycles. The van der Waals surface area contributed by atoms with E-state index in [4.69, 9.17) is 9.47 Å². The molecule has 5 rings (SSSR count). The molecule has 0 saturated carbocycles. The number of aliphatic hydroxyl groups is 1. The van der Waals surface area contributed by atoms with Crippen LogP contribution in [0.25, 0.3) is 11.1 Å². The Kier molecular flexibility index (Phi) is 18.4. The van der Waals surface area contributed by atoms with Gasteiger partial charge >= 0.3 is 0 Å². The fraction of sp³-hybridized carbons (Fsp3) is 0.479. The number of nitrogens with one attached hydrogen (secondary N) is 1. The van der Waals surface area contributed by atoms with Crippen LogP contribution in [0.2, 0.25) is 0 Å². The maximum absolute atomic E-state index is 14.2. The van der Waals surface area contributed by atoms with E-state index in [0.29, 0.717) is 12.0 Å². The fourth-order valence-electron chi connectivity index (χ4n) is 7.62. The lowest BCUT2D eigenvalue weighted by Gasteiger charge is -2.38. The van der Waals surface area contributed by atoms with Crippen LogP contribution in [0.5, 0.6) is 0 Å². The molecule has 0 aromatic heterocycles. The molecule has 4 aromatic rings. The van der Waals surface area contributed by atoms with E-state index in [1.165, 1.54) is 77.0 Å². The van der Waals surface area contributed by atoms with Gasteiger partial charge in [-0.2, -0.15) is 0 Å². The van der Waals surface area contributed by atoms with Crippen molar-refractivity contribution in [1.82, 2.24) is 10.2 Å². The molecule has 1 amide bonds. The molecule has 1 aliphatic heterocycles. The van der Waals surface area contributed by atoms with Crippen LogP contribution in [0, 0.1) is 29.1 Å². The first-order valence-corrected chi connectivity index (χ1v) is 21.3. The van der Waals surface area contributed by atoms with E-state index in [-0.39, 0.29) is 25.4 Å². The molecule has 1 saturated heterocycles. The minimum absolute atomic E-state index is 0.0334. The Hall–Kier alpha value is -4.16. The van der Waals surface area contributed by atoms with Crippen molar-refractivity contribution in [2.45, 2.75) is 129 Å². The summed E-state index contributed by atoms with van der Waals surface area (Å²) in [5.41, 5.74) is 3.35. The van der Waals surface area contributed by atoms with E-state index in [1.807, 2.05) is 54.6 Å². The van der Waals surface area contributed by atoms with Crippen molar-refractivity contribution < 1.29 is 41.3 Å². The number of unbranched alkanes of at least 4 members (excludes halogenated alkanes) is 10. The second-order valence-corrected chi connectivity index (χ2v) is 15.6. The number of carbonyl (C=O) groups excluding carboxylic acids is 1. The highest BCUT2D eigenvalue weighted by Crippen LogP contribution is 2.39. The molecule has 6 nitrogen and oxygen atoms in total. The number of nitrogens with zero attached hydrogens (tertiary/aromatic N) is 1. The summed E-state index contributed by atoms with van der Waals surface area (Å²) in [7, 11) is 0. The smallest absolute Gasteiger partial charge is 0.257 e. The van der Waals surface area contributed by atoms with E-state index in [1.54, 1.807) is 18.2 Å². The zero-order valence-electron chi connectivity index (χ0n) is 34.4. The highest BCUT2D eigenvalue weighted by atomic mass is 19.2. The van der Waals surface area contributed by atoms with Crippen LogP contribution in [0.15, 0.2) is 72.8 Å². The summed E-state index contributed by atoms with van der Waals surface area (Å²) in [6.07, 6.45) is 14.7. The van der Waals surface area contributed by atoms with Crippen LogP contribution in [0.1, 0.15) is 142 Å². The molecule has 2 N–H and O–H groups in total. The van der Waals surface area contributed by atoms with Gasteiger partial charge < -0.3 is 24.8 Å². The summed E-state index contributed by atoms with van der Waals surface area (Å²) in [6.45, 7) is 7.11. The van der Waals surface area contributed by atoms with Gasteiger partial charge in [-0.3, -0.25) is 4.79 Å². The second kappa shape index (κ2) is 23.6. The van der Waals surface area contributed by atoms with Gasteiger partial charge in [0.25, 0.3) is 5.91 Å². The maximum atomic E-state index is 14.2. The molecule has 0 spiro atoms. The van der Waals surface area contributed by atoms with Crippen molar-refractivity contribution in [2.75, 3.05) is 19.6 Å². The van der Waals surface area contributed by atoms with E-state index >= 15 is 0 Å². The van der Waals surface area contributed by atoms with E-state index in [2.05, 4.69) is 24.1 Å². The number of aliphatic hydroxyl groups excluding tert-OH is 1. The standard InChI is InChI=1S/C48H59F5N2O4/c1-3-5-7-9-11-13-26-55(27-14-12-10-8-6-4-2)31-39-29-40(36-20-18-33(32-56)19-21-36)59-48(58-39)37-24-22-35(23-25-37)38-17-15-16-34(28-38)30-54-47(57)41-42(49)44(51)46(53)45(52)43(41)50/h15-25,28,39-40,48,56H,3-14,26-27,29-32H2,1-2H3,(H,54,57)/t39-,40+,48+/m0/s1. The molecule has 320 valence electrons. The number of halogens is 5. The van der Waals surface area contributed by atoms with Gasteiger partial charge in [-0.1, -0.05) is 145 Å². The molecule has 3 atom stereocenters. The Balaban J connectivity index is 1.29. The van der Waals surface area contributed by atoms with Crippen LogP contribution in [-0.4, -0.2) is 41.7 Å². The molecule has 0 unspecified atom stereocenters. The molecule has 0 bridgehead atoms. The third-order valence-corrected chi connectivity index (χ3v) is 11.1. The van der Waals surface area contributed by atoms with Crippen LogP contribution in [0.4, 0.5) is 22.0 Å². The minimum Gasteiger partial charge on any atom is -0.392 e. The summed E-state index contributed by atoms with van der Waals surface area (Å²) < 4.78 is 82.7. The van der Waals surface area contributed by atoms with Crippen molar-refractivity contribution in [3.05, 3.63) is 130 Å². The van der Waals surface area contributed by atoms with Crippen molar-refractivity contribution >= 4 is 5.91 Å². The molecular formula is C48H59F5N2O4. The Morgan fingerprint density at radius 3 is 1.81 bits per heavy atom. The van der Waals surface area contributed by atoms with Crippen LogP contribution >= 0.6 is 0 Å². The van der Waals surface area contributed by atoms with Crippen molar-refractivity contribution in [3.63, 3.8) is 0 Å². The van der Waals surface area contributed by atoms with Crippen molar-refractivity contribution in [2.24, 2.45) is 0 Å². The van der Waals surface area contributed by atoms with Gasteiger partial charge in [0.2, 0.25) is 5.82 Å². The summed E-state index contributed by atoms with van der Waals surface area (Å²) in [6, 6.07) is 22.7. The lowest BCUT2D eigenvalue weighted by molar-refractivity contribution is -0.253. The Bertz CT molecular complexity index is 1860. The summed E-state index contributed by atoms with van der Waals surface area (Å²) in [5.74, 6) is -12.5. The SMILES string of the molecule is CCCCCCCCN(CCCCCCCC)C[C@@H]1C[C@H](c2ccc(CO)cc2)O[C@H](c2ccc(-c3cccc(CNC(=O)c4c(F)c(F)c(F)c(F)c4F)c3)cc2)O1. The minimum atomic E-state index is -2.32. The van der Waals surface area contributed by atoms with E-state index in [9.17, 15) is 31.9 Å². The number of hydrogen-bond acceptors (Lipinski definition) is 5. The average Bonchev–Trinajstić information content (AvgIpc) is 3.26. The molecule has 1 heterocycles. The van der Waals surface area contributed by atoms with Gasteiger partial charge in [0.15, 0.2) is 29.6 Å². The van der Waals surface area contributed by atoms with Gasteiger partial charge in [0.1, 0.15) is 5.56 Å². The average molecular weight is 823 g/mol. The Morgan fingerprint density at radius 2 is 1.22 bits per heavy atom. The number of carbonyl (C=O) groups is 1. The zero-order valence-corrected chi connectivity index (χ0v) is 34.4. The third kappa shape index (κ3) is 13.2. The van der Waals surface area contributed by atoms with Gasteiger partial charge in [-0.05, 0) is 59.8 Å². The first kappa shape index (κ1) is 45.9. The lowest BCUT2D eigenvalue weighted by atomic mass is 9.98. The first-order chi connectivity index (χ1) is 28.6. The monoisotopic (exact) mass is 822 g/mol. The predicted molar refractivity (Wildman–Crippen MR) is 221 cm³/mol. The summed E-state index contributed by atoms with van der Waals surface area (Å²) in [4.78, 5) is 15.1.